The summed E-state index contributed by atoms with van der Waals surface area (Å²) in [4.78, 5) is 4.70. The first-order chi connectivity index (χ1) is 10.8. The minimum Gasteiger partial charge on any atom is -0.340 e. The summed E-state index contributed by atoms with van der Waals surface area (Å²) in [6.45, 7) is 0. The van der Waals surface area contributed by atoms with E-state index < -0.39 is 0 Å². The van der Waals surface area contributed by atoms with Gasteiger partial charge in [0.2, 0.25) is 0 Å². The van der Waals surface area contributed by atoms with Gasteiger partial charge in [-0.25, -0.2) is 4.99 Å². The van der Waals surface area contributed by atoms with Gasteiger partial charge in [-0.15, -0.1) is 0 Å². The van der Waals surface area contributed by atoms with Crippen LogP contribution >= 0.6 is 11.6 Å². The molecule has 0 aliphatic heterocycles. The maximum Gasteiger partial charge on any atom is 0.138 e. The van der Waals surface area contributed by atoms with Gasteiger partial charge in [0, 0.05) is 11.3 Å². The zero-order valence-corrected chi connectivity index (χ0v) is 12.7. The number of nitrogens with zero attached hydrogens (tertiary/aromatic N) is 1. The van der Waals surface area contributed by atoms with E-state index >= 15 is 0 Å². The molecule has 0 aromatic heterocycles. The Balaban J connectivity index is 2.02. The molecule has 3 aromatic rings. The largest absolute Gasteiger partial charge is 0.340 e. The van der Waals surface area contributed by atoms with E-state index in [9.17, 15) is 0 Å². The van der Waals surface area contributed by atoms with Gasteiger partial charge in [0.05, 0.1) is 10.7 Å². The molecule has 0 aliphatic carbocycles. The van der Waals surface area contributed by atoms with Crippen molar-refractivity contribution in [1.82, 2.24) is 0 Å². The molecule has 0 fully saturated rings. The fourth-order valence-electron chi connectivity index (χ4n) is 2.08. The van der Waals surface area contributed by atoms with Crippen molar-refractivity contribution in [2.75, 3.05) is 5.32 Å². The van der Waals surface area contributed by atoms with Crippen LogP contribution in [0.25, 0.3) is 0 Å². The van der Waals surface area contributed by atoms with Gasteiger partial charge in [0.1, 0.15) is 5.84 Å². The Hall–Kier alpha value is -2.58. The quantitative estimate of drug-likeness (QED) is 0.499. The summed E-state index contributed by atoms with van der Waals surface area (Å²) in [5.74, 6) is 0.764. The standard InChI is InChI=1S/C19H15ClN2/c20-17-13-7-8-14-18(17)22-19(15-9-3-1-4-10-15)21-16-11-5-2-6-12-16/h1-14H,(H,21,22). The number of para-hydroxylation sites is 2. The Morgan fingerprint density at radius 2 is 1.32 bits per heavy atom. The molecule has 0 bridgehead atoms. The molecule has 0 heterocycles. The molecular formula is C19H15ClN2. The molecule has 2 nitrogen and oxygen atoms in total. The number of anilines is 1. The van der Waals surface area contributed by atoms with Gasteiger partial charge >= 0.3 is 0 Å². The van der Waals surface area contributed by atoms with E-state index in [0.717, 1.165) is 22.8 Å². The van der Waals surface area contributed by atoms with Crippen molar-refractivity contribution in [3.8, 4) is 0 Å². The molecule has 0 saturated carbocycles. The van der Waals surface area contributed by atoms with Crippen molar-refractivity contribution in [2.24, 2.45) is 4.99 Å². The number of hydrogen-bond acceptors (Lipinski definition) is 1. The SMILES string of the molecule is Clc1ccccc1N=C(Nc1ccccc1)c1ccccc1. The van der Waals surface area contributed by atoms with Crippen molar-refractivity contribution in [2.45, 2.75) is 0 Å². The molecule has 22 heavy (non-hydrogen) atoms. The van der Waals surface area contributed by atoms with E-state index in [1.54, 1.807) is 0 Å². The van der Waals surface area contributed by atoms with Crippen molar-refractivity contribution in [3.05, 3.63) is 95.5 Å². The van der Waals surface area contributed by atoms with E-state index in [4.69, 9.17) is 16.6 Å². The molecule has 0 amide bonds. The van der Waals surface area contributed by atoms with Gasteiger partial charge in [0.25, 0.3) is 0 Å². The molecule has 3 heteroatoms. The lowest BCUT2D eigenvalue weighted by Gasteiger charge is -2.11. The van der Waals surface area contributed by atoms with Crippen LogP contribution in [0, 0.1) is 0 Å². The lowest BCUT2D eigenvalue weighted by molar-refractivity contribution is 1.46. The molecule has 1 N–H and O–H groups in total. The zero-order chi connectivity index (χ0) is 15.2. The zero-order valence-electron chi connectivity index (χ0n) is 11.9. The second-order valence-corrected chi connectivity index (χ2v) is 5.18. The van der Waals surface area contributed by atoms with E-state index in [0.29, 0.717) is 5.02 Å². The third kappa shape index (κ3) is 3.54. The highest BCUT2D eigenvalue weighted by Gasteiger charge is 2.05. The maximum absolute atomic E-state index is 6.22. The van der Waals surface area contributed by atoms with Crippen molar-refractivity contribution < 1.29 is 0 Å². The predicted octanol–water partition coefficient (Wildman–Crippen LogP) is 5.53. The van der Waals surface area contributed by atoms with Crippen LogP contribution in [0.15, 0.2) is 89.9 Å². The highest BCUT2D eigenvalue weighted by molar-refractivity contribution is 6.33. The fourth-order valence-corrected chi connectivity index (χ4v) is 2.26. The Kier molecular flexibility index (Phi) is 4.52. The van der Waals surface area contributed by atoms with E-state index in [2.05, 4.69) is 5.32 Å². The fraction of sp³-hybridized carbons (Fsp3) is 0. The van der Waals surface area contributed by atoms with Crippen LogP contribution in [-0.4, -0.2) is 5.84 Å². The van der Waals surface area contributed by atoms with Crippen LogP contribution in [0.1, 0.15) is 5.56 Å². The number of aliphatic imine (C=N–C) groups is 1. The second kappa shape index (κ2) is 6.92. The Bertz CT molecular complexity index is 768. The first-order valence-electron chi connectivity index (χ1n) is 7.03. The van der Waals surface area contributed by atoms with Crippen molar-refractivity contribution in [1.29, 1.82) is 0 Å². The van der Waals surface area contributed by atoms with Crippen LogP contribution < -0.4 is 5.32 Å². The van der Waals surface area contributed by atoms with Gasteiger partial charge in [-0.1, -0.05) is 72.3 Å². The summed E-state index contributed by atoms with van der Waals surface area (Å²) in [5.41, 5.74) is 2.73. The average Bonchev–Trinajstić information content (AvgIpc) is 2.58. The third-order valence-corrected chi connectivity index (χ3v) is 3.49. The summed E-state index contributed by atoms with van der Waals surface area (Å²) in [6.07, 6.45) is 0. The maximum atomic E-state index is 6.22. The van der Waals surface area contributed by atoms with Crippen LogP contribution in [0.2, 0.25) is 5.02 Å². The molecule has 0 saturated heterocycles. The molecule has 3 rings (SSSR count). The number of nitrogens with one attached hydrogen (secondary N) is 1. The molecular weight excluding hydrogens is 292 g/mol. The van der Waals surface area contributed by atoms with Gasteiger partial charge in [-0.3, -0.25) is 0 Å². The lowest BCUT2D eigenvalue weighted by atomic mass is 10.2. The van der Waals surface area contributed by atoms with Crippen LogP contribution in [-0.2, 0) is 0 Å². The second-order valence-electron chi connectivity index (χ2n) is 4.77. The topological polar surface area (TPSA) is 24.4 Å². The highest BCUT2D eigenvalue weighted by atomic mass is 35.5. The van der Waals surface area contributed by atoms with Gasteiger partial charge in [-0.05, 0) is 24.3 Å². The van der Waals surface area contributed by atoms with Crippen molar-refractivity contribution >= 4 is 28.8 Å². The van der Waals surface area contributed by atoms with E-state index in [1.807, 2.05) is 84.9 Å². The van der Waals surface area contributed by atoms with E-state index in [1.165, 1.54) is 0 Å². The van der Waals surface area contributed by atoms with Gasteiger partial charge < -0.3 is 5.32 Å². The highest BCUT2D eigenvalue weighted by Crippen LogP contribution is 2.25. The van der Waals surface area contributed by atoms with Crippen molar-refractivity contribution in [3.63, 3.8) is 0 Å². The Labute approximate surface area is 135 Å². The molecule has 3 aromatic carbocycles. The molecule has 0 aliphatic rings. The number of amidine groups is 1. The van der Waals surface area contributed by atoms with Crippen LogP contribution in [0.5, 0.6) is 0 Å². The minimum atomic E-state index is 0.630. The summed E-state index contributed by atoms with van der Waals surface area (Å²) in [5, 5.41) is 3.99. The molecule has 0 radical (unpaired) electrons. The van der Waals surface area contributed by atoms with E-state index in [-0.39, 0.29) is 0 Å². The monoisotopic (exact) mass is 306 g/mol. The molecule has 0 atom stereocenters. The minimum absolute atomic E-state index is 0.630. The summed E-state index contributed by atoms with van der Waals surface area (Å²) >= 11 is 6.22. The number of benzene rings is 3. The number of halogens is 1. The Morgan fingerprint density at radius 1 is 0.727 bits per heavy atom. The number of rotatable bonds is 3. The van der Waals surface area contributed by atoms with Gasteiger partial charge in [0.15, 0.2) is 0 Å². The smallest absolute Gasteiger partial charge is 0.138 e. The molecule has 0 unspecified atom stereocenters. The first kappa shape index (κ1) is 14.4. The normalized spacial score (nSPS) is 11.2. The average molecular weight is 307 g/mol. The summed E-state index contributed by atoms with van der Waals surface area (Å²) < 4.78 is 0. The Morgan fingerprint density at radius 3 is 2.00 bits per heavy atom. The first-order valence-corrected chi connectivity index (χ1v) is 7.41. The number of hydrogen-bond donors (Lipinski definition) is 1. The molecule has 108 valence electrons. The summed E-state index contributed by atoms with van der Waals surface area (Å²) in [7, 11) is 0. The van der Waals surface area contributed by atoms with Crippen LogP contribution in [0.3, 0.4) is 0 Å². The van der Waals surface area contributed by atoms with Gasteiger partial charge in [-0.2, -0.15) is 0 Å². The lowest BCUT2D eigenvalue weighted by Crippen LogP contribution is -2.13. The summed E-state index contributed by atoms with van der Waals surface area (Å²) in [6, 6.07) is 27.5. The molecule has 0 spiro atoms. The van der Waals surface area contributed by atoms with Crippen LogP contribution in [0.4, 0.5) is 11.4 Å². The predicted molar refractivity (Wildman–Crippen MR) is 94.2 cm³/mol. The third-order valence-electron chi connectivity index (χ3n) is 3.17.